The fourth-order valence-electron chi connectivity index (χ4n) is 3.05. The average Bonchev–Trinajstić information content (AvgIpc) is 3.53. The monoisotopic (exact) mass is 389 g/mol. The highest BCUT2D eigenvalue weighted by atomic mass is 16.5. The standard InChI is InChI=1S/C24H27N3O2/c1-17-14-23(29-16-22(25)12-13-26-3)15-24(28)27(17)18(2)21-10-8-20(9-11-21)7-6-19-4-5-19/h8-15,18-19H,4-5,16,25H2,1-3H3/t18-/m1/s1. The van der Waals surface area contributed by atoms with E-state index in [0.29, 0.717) is 17.4 Å². The van der Waals surface area contributed by atoms with Gasteiger partial charge in [0.25, 0.3) is 5.56 Å². The summed E-state index contributed by atoms with van der Waals surface area (Å²) in [5, 5.41) is 0. The summed E-state index contributed by atoms with van der Waals surface area (Å²) >= 11 is 0. The van der Waals surface area contributed by atoms with Crippen LogP contribution in [0.1, 0.15) is 42.6 Å². The minimum Gasteiger partial charge on any atom is -0.487 e. The molecule has 1 saturated carbocycles. The Kier molecular flexibility index (Phi) is 6.56. The largest absolute Gasteiger partial charge is 0.487 e. The first kappa shape index (κ1) is 20.5. The van der Waals surface area contributed by atoms with Crippen LogP contribution in [0.25, 0.3) is 0 Å². The van der Waals surface area contributed by atoms with Gasteiger partial charge in [-0.2, -0.15) is 0 Å². The van der Waals surface area contributed by atoms with Crippen LogP contribution in [-0.4, -0.2) is 24.4 Å². The Morgan fingerprint density at radius 2 is 2.07 bits per heavy atom. The summed E-state index contributed by atoms with van der Waals surface area (Å²) in [6.07, 6.45) is 5.72. The normalized spacial score (nSPS) is 15.1. The molecule has 2 aromatic rings. The molecule has 1 atom stereocenters. The van der Waals surface area contributed by atoms with Crippen molar-refractivity contribution in [3.8, 4) is 17.6 Å². The quantitative estimate of drug-likeness (QED) is 0.608. The van der Waals surface area contributed by atoms with Crippen LogP contribution < -0.4 is 16.0 Å². The lowest BCUT2D eigenvalue weighted by molar-refractivity contribution is 0.348. The number of benzene rings is 1. The molecule has 2 N–H and O–H groups in total. The Bertz CT molecular complexity index is 1030. The maximum atomic E-state index is 12.7. The molecule has 0 spiro atoms. The molecule has 1 fully saturated rings. The van der Waals surface area contributed by atoms with E-state index >= 15 is 0 Å². The highest BCUT2D eigenvalue weighted by Crippen LogP contribution is 2.27. The average molecular weight is 389 g/mol. The third-order valence-electron chi connectivity index (χ3n) is 4.86. The van der Waals surface area contributed by atoms with Crippen LogP contribution in [0.3, 0.4) is 0 Å². The fraction of sp³-hybridized carbons (Fsp3) is 0.333. The van der Waals surface area contributed by atoms with Crippen LogP contribution in [0.15, 0.2) is 58.0 Å². The first-order valence-electron chi connectivity index (χ1n) is 9.82. The first-order chi connectivity index (χ1) is 14.0. The van der Waals surface area contributed by atoms with Crippen LogP contribution in [0.5, 0.6) is 5.75 Å². The van der Waals surface area contributed by atoms with Crippen molar-refractivity contribution in [3.05, 3.63) is 75.3 Å². The molecule has 0 aliphatic heterocycles. The van der Waals surface area contributed by atoms with Gasteiger partial charge in [0.15, 0.2) is 0 Å². The number of nitrogens with two attached hydrogens (primary N) is 1. The number of hydrogen-bond donors (Lipinski definition) is 1. The highest BCUT2D eigenvalue weighted by Gasteiger charge is 2.17. The summed E-state index contributed by atoms with van der Waals surface area (Å²) in [6.45, 7) is 4.13. The van der Waals surface area contributed by atoms with Gasteiger partial charge in [-0.15, -0.1) is 0 Å². The van der Waals surface area contributed by atoms with Gasteiger partial charge < -0.3 is 15.0 Å². The van der Waals surface area contributed by atoms with Crippen LogP contribution in [0, 0.1) is 24.7 Å². The molecule has 0 radical (unpaired) electrons. The van der Waals surface area contributed by atoms with Crippen LogP contribution in [0.4, 0.5) is 0 Å². The highest BCUT2D eigenvalue weighted by molar-refractivity contribution is 5.71. The molecule has 1 heterocycles. The lowest BCUT2D eigenvalue weighted by Crippen LogP contribution is -2.25. The van der Waals surface area contributed by atoms with Gasteiger partial charge in [0.05, 0.1) is 6.04 Å². The zero-order valence-corrected chi connectivity index (χ0v) is 17.2. The number of aliphatic imine (C=N–C) groups is 1. The summed E-state index contributed by atoms with van der Waals surface area (Å²) in [7, 11) is 1.67. The Morgan fingerprint density at radius 1 is 1.34 bits per heavy atom. The van der Waals surface area contributed by atoms with Crippen molar-refractivity contribution in [2.45, 2.75) is 32.7 Å². The molecule has 150 valence electrons. The van der Waals surface area contributed by atoms with E-state index in [1.54, 1.807) is 23.9 Å². The molecule has 1 aliphatic carbocycles. The van der Waals surface area contributed by atoms with Gasteiger partial charge in [-0.3, -0.25) is 9.79 Å². The van der Waals surface area contributed by atoms with Crippen LogP contribution >= 0.6 is 0 Å². The third kappa shape index (κ3) is 5.61. The zero-order chi connectivity index (χ0) is 20.8. The minimum atomic E-state index is -0.109. The van der Waals surface area contributed by atoms with Gasteiger partial charge in [-0.1, -0.05) is 24.0 Å². The SMILES string of the molecule is CN=CC=C(N)COc1cc(C)n([C@H](C)c2ccc(C#CC3CC3)cc2)c(=O)c1. The number of hydrogen-bond acceptors (Lipinski definition) is 4. The number of ether oxygens (including phenoxy) is 1. The molecular formula is C24H27N3O2. The van der Waals surface area contributed by atoms with E-state index in [0.717, 1.165) is 16.8 Å². The second-order valence-electron chi connectivity index (χ2n) is 7.32. The van der Waals surface area contributed by atoms with E-state index < -0.39 is 0 Å². The molecule has 0 saturated heterocycles. The number of allylic oxidation sites excluding steroid dienone is 1. The fourth-order valence-corrected chi connectivity index (χ4v) is 3.05. The van der Waals surface area contributed by atoms with Crippen molar-refractivity contribution in [1.29, 1.82) is 0 Å². The minimum absolute atomic E-state index is 0.0901. The van der Waals surface area contributed by atoms with Gasteiger partial charge in [-0.25, -0.2) is 0 Å². The summed E-state index contributed by atoms with van der Waals surface area (Å²) in [5.74, 6) is 7.58. The molecule has 0 amide bonds. The van der Waals surface area contributed by atoms with Crippen molar-refractivity contribution >= 4 is 6.21 Å². The first-order valence-corrected chi connectivity index (χ1v) is 9.82. The number of rotatable bonds is 6. The number of nitrogens with zero attached hydrogens (tertiary/aromatic N) is 2. The number of aromatic nitrogens is 1. The summed E-state index contributed by atoms with van der Waals surface area (Å²) in [5.41, 5.74) is 9.18. The van der Waals surface area contributed by atoms with Gasteiger partial charge >= 0.3 is 0 Å². The Morgan fingerprint density at radius 3 is 2.69 bits per heavy atom. The molecule has 0 unspecified atom stereocenters. The third-order valence-corrected chi connectivity index (χ3v) is 4.86. The smallest absolute Gasteiger partial charge is 0.254 e. The second-order valence-corrected chi connectivity index (χ2v) is 7.32. The van der Waals surface area contributed by atoms with Crippen molar-refractivity contribution in [2.24, 2.45) is 16.6 Å². The summed E-state index contributed by atoms with van der Waals surface area (Å²) in [6, 6.07) is 11.4. The number of pyridine rings is 1. The molecule has 1 aromatic carbocycles. The van der Waals surface area contributed by atoms with E-state index in [4.69, 9.17) is 10.5 Å². The van der Waals surface area contributed by atoms with Crippen molar-refractivity contribution in [3.63, 3.8) is 0 Å². The van der Waals surface area contributed by atoms with Gasteiger partial charge in [-0.05, 0) is 56.5 Å². The topological polar surface area (TPSA) is 69.6 Å². The van der Waals surface area contributed by atoms with E-state index in [1.807, 2.05) is 44.2 Å². The van der Waals surface area contributed by atoms with Crippen molar-refractivity contribution < 1.29 is 4.74 Å². The predicted molar refractivity (Wildman–Crippen MR) is 117 cm³/mol. The van der Waals surface area contributed by atoms with E-state index in [2.05, 4.69) is 16.8 Å². The second kappa shape index (κ2) is 9.29. The number of aryl methyl sites for hydroxylation is 1. The molecule has 0 bridgehead atoms. The summed E-state index contributed by atoms with van der Waals surface area (Å²) in [4.78, 5) is 16.6. The van der Waals surface area contributed by atoms with Crippen LogP contribution in [-0.2, 0) is 0 Å². The predicted octanol–water partition coefficient (Wildman–Crippen LogP) is 3.45. The molecule has 1 aliphatic rings. The van der Waals surface area contributed by atoms with E-state index in [-0.39, 0.29) is 18.2 Å². The maximum absolute atomic E-state index is 12.7. The summed E-state index contributed by atoms with van der Waals surface area (Å²) < 4.78 is 7.41. The lowest BCUT2D eigenvalue weighted by Gasteiger charge is -2.19. The van der Waals surface area contributed by atoms with E-state index in [1.165, 1.54) is 18.9 Å². The van der Waals surface area contributed by atoms with Gasteiger partial charge in [0, 0.05) is 42.2 Å². The molecular weight excluding hydrogens is 362 g/mol. The van der Waals surface area contributed by atoms with Gasteiger partial charge in [0.1, 0.15) is 12.4 Å². The Labute approximate surface area is 171 Å². The molecule has 5 heteroatoms. The van der Waals surface area contributed by atoms with Gasteiger partial charge in [0.2, 0.25) is 0 Å². The van der Waals surface area contributed by atoms with Crippen LogP contribution in [0.2, 0.25) is 0 Å². The molecule has 5 nitrogen and oxygen atoms in total. The maximum Gasteiger partial charge on any atom is 0.254 e. The van der Waals surface area contributed by atoms with E-state index in [9.17, 15) is 4.79 Å². The zero-order valence-electron chi connectivity index (χ0n) is 17.2. The molecule has 29 heavy (non-hydrogen) atoms. The Hall–Kier alpha value is -3.26. The molecule has 3 rings (SSSR count). The lowest BCUT2D eigenvalue weighted by atomic mass is 10.1. The Balaban J connectivity index is 1.74. The molecule has 1 aromatic heterocycles. The van der Waals surface area contributed by atoms with Crippen molar-refractivity contribution in [2.75, 3.05) is 13.7 Å². The van der Waals surface area contributed by atoms with Crippen molar-refractivity contribution in [1.82, 2.24) is 4.57 Å².